The number of benzene rings is 1. The van der Waals surface area contributed by atoms with Gasteiger partial charge in [-0.25, -0.2) is 4.39 Å². The van der Waals surface area contributed by atoms with E-state index in [-0.39, 0.29) is 18.3 Å². The van der Waals surface area contributed by atoms with Crippen molar-refractivity contribution in [3.8, 4) is 0 Å². The first-order chi connectivity index (χ1) is 9.65. The van der Waals surface area contributed by atoms with E-state index in [2.05, 4.69) is 10.6 Å². The van der Waals surface area contributed by atoms with Crippen molar-refractivity contribution in [1.82, 2.24) is 5.32 Å². The normalized spacial score (nSPS) is 16.5. The Morgan fingerprint density at radius 1 is 1.25 bits per heavy atom. The van der Waals surface area contributed by atoms with Gasteiger partial charge in [0.15, 0.2) is 0 Å². The van der Waals surface area contributed by atoms with E-state index in [1.807, 2.05) is 6.92 Å². The summed E-state index contributed by atoms with van der Waals surface area (Å²) in [5, 5.41) is 6.15. The molecule has 0 saturated heterocycles. The molecule has 0 heterocycles. The van der Waals surface area contributed by atoms with Gasteiger partial charge in [-0.1, -0.05) is 25.7 Å². The van der Waals surface area contributed by atoms with Crippen molar-refractivity contribution >= 4 is 11.6 Å². The van der Waals surface area contributed by atoms with E-state index in [9.17, 15) is 9.18 Å². The molecule has 20 heavy (non-hydrogen) atoms. The largest absolute Gasteiger partial charge is 0.376 e. The molecule has 3 nitrogen and oxygen atoms in total. The fourth-order valence-electron chi connectivity index (χ4n) is 2.70. The van der Waals surface area contributed by atoms with Gasteiger partial charge in [-0.15, -0.1) is 0 Å². The smallest absolute Gasteiger partial charge is 0.239 e. The maximum Gasteiger partial charge on any atom is 0.239 e. The SMILES string of the molecule is Cc1cc(F)ccc1NCC(=O)NC1CCCCCC1. The quantitative estimate of drug-likeness (QED) is 0.829. The molecule has 0 atom stereocenters. The molecule has 1 aromatic rings. The maximum absolute atomic E-state index is 13.0. The molecular weight excluding hydrogens is 255 g/mol. The lowest BCUT2D eigenvalue weighted by molar-refractivity contribution is -0.120. The number of nitrogens with one attached hydrogen (secondary N) is 2. The standard InChI is InChI=1S/C16H23FN2O/c1-12-10-13(17)8-9-15(12)18-11-16(20)19-14-6-4-2-3-5-7-14/h8-10,14,18H,2-7,11H2,1H3,(H,19,20). The Bertz CT molecular complexity index is 454. The van der Waals surface area contributed by atoms with Crippen LogP contribution in [0.5, 0.6) is 0 Å². The Balaban J connectivity index is 1.79. The van der Waals surface area contributed by atoms with Crippen molar-refractivity contribution in [2.24, 2.45) is 0 Å². The molecule has 1 saturated carbocycles. The van der Waals surface area contributed by atoms with Crippen molar-refractivity contribution in [3.63, 3.8) is 0 Å². The molecule has 0 spiro atoms. The van der Waals surface area contributed by atoms with E-state index in [0.29, 0.717) is 6.04 Å². The second kappa shape index (κ2) is 7.27. The highest BCUT2D eigenvalue weighted by Crippen LogP contribution is 2.17. The van der Waals surface area contributed by atoms with Crippen LogP contribution in [0.4, 0.5) is 10.1 Å². The van der Waals surface area contributed by atoms with Crippen LogP contribution in [0.1, 0.15) is 44.1 Å². The Morgan fingerprint density at radius 3 is 2.60 bits per heavy atom. The van der Waals surface area contributed by atoms with Crippen LogP contribution < -0.4 is 10.6 Å². The molecule has 110 valence electrons. The summed E-state index contributed by atoms with van der Waals surface area (Å²) in [6.07, 6.45) is 7.13. The van der Waals surface area contributed by atoms with Gasteiger partial charge in [0.1, 0.15) is 5.82 Å². The highest BCUT2D eigenvalue weighted by molar-refractivity contribution is 5.81. The summed E-state index contributed by atoms with van der Waals surface area (Å²) in [4.78, 5) is 11.9. The first kappa shape index (κ1) is 14.8. The minimum atomic E-state index is -0.254. The van der Waals surface area contributed by atoms with Crippen LogP contribution in [-0.4, -0.2) is 18.5 Å². The van der Waals surface area contributed by atoms with Gasteiger partial charge in [0.05, 0.1) is 6.54 Å². The second-order valence-corrected chi connectivity index (χ2v) is 5.57. The number of rotatable bonds is 4. The van der Waals surface area contributed by atoms with Crippen LogP contribution in [0.15, 0.2) is 18.2 Å². The Kier molecular flexibility index (Phi) is 5.39. The van der Waals surface area contributed by atoms with Gasteiger partial charge in [0, 0.05) is 11.7 Å². The zero-order valence-electron chi connectivity index (χ0n) is 12.0. The monoisotopic (exact) mass is 278 g/mol. The fraction of sp³-hybridized carbons (Fsp3) is 0.562. The van der Waals surface area contributed by atoms with Gasteiger partial charge in [0.25, 0.3) is 0 Å². The Hall–Kier alpha value is -1.58. The van der Waals surface area contributed by atoms with Gasteiger partial charge in [-0.2, -0.15) is 0 Å². The van der Waals surface area contributed by atoms with E-state index in [0.717, 1.165) is 24.1 Å². The number of aryl methyl sites for hydroxylation is 1. The molecule has 4 heteroatoms. The van der Waals surface area contributed by atoms with E-state index >= 15 is 0 Å². The molecule has 0 bridgehead atoms. The number of halogens is 1. The molecule has 1 amide bonds. The minimum Gasteiger partial charge on any atom is -0.376 e. The lowest BCUT2D eigenvalue weighted by atomic mass is 10.1. The van der Waals surface area contributed by atoms with Crippen molar-refractivity contribution in [1.29, 1.82) is 0 Å². The summed E-state index contributed by atoms with van der Waals surface area (Å²) < 4.78 is 13.0. The number of carbonyl (C=O) groups is 1. The summed E-state index contributed by atoms with van der Waals surface area (Å²) in [6, 6.07) is 4.86. The predicted octanol–water partition coefficient (Wildman–Crippen LogP) is 3.39. The number of amides is 1. The van der Waals surface area contributed by atoms with E-state index in [1.165, 1.54) is 37.8 Å². The first-order valence-corrected chi connectivity index (χ1v) is 7.44. The third kappa shape index (κ3) is 4.51. The number of hydrogen-bond donors (Lipinski definition) is 2. The van der Waals surface area contributed by atoms with E-state index < -0.39 is 0 Å². The summed E-state index contributed by atoms with van der Waals surface area (Å²) in [7, 11) is 0. The zero-order chi connectivity index (χ0) is 14.4. The second-order valence-electron chi connectivity index (χ2n) is 5.57. The van der Waals surface area contributed by atoms with Crippen LogP contribution in [0.2, 0.25) is 0 Å². The lowest BCUT2D eigenvalue weighted by Gasteiger charge is -2.17. The van der Waals surface area contributed by atoms with Gasteiger partial charge < -0.3 is 10.6 Å². The number of anilines is 1. The molecule has 2 N–H and O–H groups in total. The van der Waals surface area contributed by atoms with Gasteiger partial charge in [0.2, 0.25) is 5.91 Å². The Labute approximate surface area is 120 Å². The minimum absolute atomic E-state index is 0.0145. The van der Waals surface area contributed by atoms with Crippen LogP contribution >= 0.6 is 0 Å². The van der Waals surface area contributed by atoms with Gasteiger partial charge >= 0.3 is 0 Å². The van der Waals surface area contributed by atoms with Crippen molar-refractivity contribution in [2.45, 2.75) is 51.5 Å². The van der Waals surface area contributed by atoms with Gasteiger partial charge in [-0.3, -0.25) is 4.79 Å². The van der Waals surface area contributed by atoms with Crippen LogP contribution in [-0.2, 0) is 4.79 Å². The third-order valence-corrected chi connectivity index (χ3v) is 3.85. The first-order valence-electron chi connectivity index (χ1n) is 7.44. The van der Waals surface area contributed by atoms with Gasteiger partial charge in [-0.05, 0) is 43.5 Å². The number of carbonyl (C=O) groups excluding carboxylic acids is 1. The summed E-state index contributed by atoms with van der Waals surface area (Å²) >= 11 is 0. The molecule has 0 aliphatic heterocycles. The van der Waals surface area contributed by atoms with Crippen molar-refractivity contribution in [3.05, 3.63) is 29.6 Å². The fourth-order valence-corrected chi connectivity index (χ4v) is 2.70. The molecule has 0 aromatic heterocycles. The topological polar surface area (TPSA) is 41.1 Å². The molecular formula is C16H23FN2O. The zero-order valence-corrected chi connectivity index (χ0v) is 12.0. The lowest BCUT2D eigenvalue weighted by Crippen LogP contribution is -2.38. The van der Waals surface area contributed by atoms with E-state index in [1.54, 1.807) is 6.07 Å². The summed E-state index contributed by atoms with van der Waals surface area (Å²) in [6.45, 7) is 2.07. The maximum atomic E-state index is 13.0. The molecule has 0 radical (unpaired) electrons. The average Bonchev–Trinajstić information content (AvgIpc) is 2.66. The van der Waals surface area contributed by atoms with Crippen molar-refractivity contribution < 1.29 is 9.18 Å². The Morgan fingerprint density at radius 2 is 1.95 bits per heavy atom. The van der Waals surface area contributed by atoms with Crippen LogP contribution in [0.25, 0.3) is 0 Å². The molecule has 2 rings (SSSR count). The predicted molar refractivity (Wildman–Crippen MR) is 79.3 cm³/mol. The molecule has 1 aliphatic carbocycles. The number of hydrogen-bond acceptors (Lipinski definition) is 2. The van der Waals surface area contributed by atoms with Crippen LogP contribution in [0, 0.1) is 12.7 Å². The summed E-state index contributed by atoms with van der Waals surface area (Å²) in [5.74, 6) is -0.239. The molecule has 0 unspecified atom stereocenters. The van der Waals surface area contributed by atoms with E-state index in [4.69, 9.17) is 0 Å². The molecule has 1 aliphatic rings. The highest BCUT2D eigenvalue weighted by atomic mass is 19.1. The molecule has 1 aromatic carbocycles. The van der Waals surface area contributed by atoms with Crippen LogP contribution in [0.3, 0.4) is 0 Å². The average molecular weight is 278 g/mol. The van der Waals surface area contributed by atoms with Crippen molar-refractivity contribution in [2.75, 3.05) is 11.9 Å². The third-order valence-electron chi connectivity index (χ3n) is 3.85. The highest BCUT2D eigenvalue weighted by Gasteiger charge is 2.14. The summed E-state index contributed by atoms with van der Waals surface area (Å²) in [5.41, 5.74) is 1.62. The molecule has 1 fully saturated rings.